The molecule has 2 rings (SSSR count). The van der Waals surface area contributed by atoms with Gasteiger partial charge in [0.15, 0.2) is 11.2 Å². The van der Waals surface area contributed by atoms with E-state index in [-0.39, 0.29) is 17.3 Å². The number of imidazole rings is 1. The number of nitrogens with one attached hydrogen (secondary N) is 1. The van der Waals surface area contributed by atoms with Crippen LogP contribution in [0.5, 0.6) is 0 Å². The zero-order chi connectivity index (χ0) is 15.7. The fraction of sp³-hybridized carbons (Fsp3) is 0.615. The number of aromatic nitrogens is 4. The summed E-state index contributed by atoms with van der Waals surface area (Å²) in [6.07, 6.45) is 0.826. The summed E-state index contributed by atoms with van der Waals surface area (Å²) in [5.41, 5.74) is 5.52. The van der Waals surface area contributed by atoms with Crippen LogP contribution < -0.4 is 21.9 Å². The Morgan fingerprint density at radius 3 is 2.52 bits per heavy atom. The number of nitrogens with two attached hydrogens (primary N) is 1. The van der Waals surface area contributed by atoms with Crippen LogP contribution in [0.15, 0.2) is 9.59 Å². The molecule has 0 atom stereocenters. The van der Waals surface area contributed by atoms with Crippen LogP contribution in [0.3, 0.4) is 0 Å². The summed E-state index contributed by atoms with van der Waals surface area (Å²) in [6, 6.07) is 0.206. The Hall–Kier alpha value is -2.09. The van der Waals surface area contributed by atoms with Gasteiger partial charge in [-0.05, 0) is 26.8 Å². The molecule has 8 heteroatoms. The van der Waals surface area contributed by atoms with E-state index in [1.807, 2.05) is 18.7 Å². The quantitative estimate of drug-likeness (QED) is 0.776. The third-order valence-electron chi connectivity index (χ3n) is 3.58. The maximum Gasteiger partial charge on any atom is 0.332 e. The highest BCUT2D eigenvalue weighted by atomic mass is 16.2. The number of rotatable bonds is 5. The highest BCUT2D eigenvalue weighted by Crippen LogP contribution is 2.16. The van der Waals surface area contributed by atoms with E-state index in [4.69, 9.17) is 5.73 Å². The van der Waals surface area contributed by atoms with Gasteiger partial charge in [0.1, 0.15) is 0 Å². The molecule has 0 fully saturated rings. The van der Waals surface area contributed by atoms with Gasteiger partial charge in [0.25, 0.3) is 5.56 Å². The fourth-order valence-electron chi connectivity index (χ4n) is 2.32. The third kappa shape index (κ3) is 2.58. The molecule has 2 heterocycles. The summed E-state index contributed by atoms with van der Waals surface area (Å²) in [4.78, 5) is 33.6. The minimum absolute atomic E-state index is 0.206. The van der Waals surface area contributed by atoms with Crippen LogP contribution in [0.4, 0.5) is 5.95 Å². The Balaban J connectivity index is 2.62. The van der Waals surface area contributed by atoms with E-state index in [1.54, 1.807) is 7.05 Å². The first-order chi connectivity index (χ1) is 9.88. The maximum absolute atomic E-state index is 12.2. The number of H-pyrrole nitrogens is 1. The molecule has 3 N–H and O–H groups in total. The Morgan fingerprint density at radius 1 is 1.29 bits per heavy atom. The number of fused-ring (bicyclic) bond motifs is 1. The van der Waals surface area contributed by atoms with E-state index in [0.717, 1.165) is 17.5 Å². The highest BCUT2D eigenvalue weighted by molar-refractivity contribution is 5.73. The second kappa shape index (κ2) is 5.72. The number of aromatic amines is 1. The number of hydrogen-bond acceptors (Lipinski definition) is 5. The van der Waals surface area contributed by atoms with E-state index >= 15 is 0 Å². The smallest absolute Gasteiger partial charge is 0.332 e. The van der Waals surface area contributed by atoms with Crippen molar-refractivity contribution in [3.05, 3.63) is 20.8 Å². The van der Waals surface area contributed by atoms with Crippen LogP contribution in [0.1, 0.15) is 20.3 Å². The van der Waals surface area contributed by atoms with E-state index in [2.05, 4.69) is 9.97 Å². The van der Waals surface area contributed by atoms with Gasteiger partial charge in [-0.1, -0.05) is 0 Å². The van der Waals surface area contributed by atoms with E-state index < -0.39 is 0 Å². The predicted octanol–water partition coefficient (Wildman–Crippen LogP) is -0.476. The van der Waals surface area contributed by atoms with Gasteiger partial charge in [-0.15, -0.1) is 0 Å². The number of nitrogens with zero attached hydrogens (tertiary/aromatic N) is 4. The maximum atomic E-state index is 12.2. The molecule has 21 heavy (non-hydrogen) atoms. The monoisotopic (exact) mass is 294 g/mol. The molecule has 0 aliphatic rings. The van der Waals surface area contributed by atoms with Crippen molar-refractivity contribution < 1.29 is 0 Å². The molecule has 0 spiro atoms. The van der Waals surface area contributed by atoms with Crippen molar-refractivity contribution in [2.24, 2.45) is 19.8 Å². The molecule has 0 saturated heterocycles. The van der Waals surface area contributed by atoms with Crippen LogP contribution >= 0.6 is 0 Å². The van der Waals surface area contributed by atoms with E-state index in [9.17, 15) is 9.59 Å². The van der Waals surface area contributed by atoms with Crippen molar-refractivity contribution in [1.82, 2.24) is 19.1 Å². The molecular formula is C13H22N6O2. The molecule has 116 valence electrons. The van der Waals surface area contributed by atoms with E-state index in [1.165, 1.54) is 11.6 Å². The van der Waals surface area contributed by atoms with Gasteiger partial charge in [-0.25, -0.2) is 4.79 Å². The molecule has 0 radical (unpaired) electrons. The van der Waals surface area contributed by atoms with Crippen molar-refractivity contribution in [2.75, 3.05) is 18.0 Å². The van der Waals surface area contributed by atoms with Crippen LogP contribution in [0, 0.1) is 0 Å². The minimum atomic E-state index is -0.386. The molecule has 2 aromatic rings. The SMILES string of the molecule is CC(C)N(CCCN)c1nc2c([nH]1)c(=O)n(C)c(=O)n2C. The standard InChI is InChI=1S/C13H22N6O2/c1-8(2)19(7-5-6-14)12-15-9-10(16-12)17(3)13(21)18(4)11(9)20/h8H,5-7,14H2,1-4H3,(H,15,16). The molecular weight excluding hydrogens is 272 g/mol. The molecule has 0 saturated carbocycles. The van der Waals surface area contributed by atoms with Crippen LogP contribution in [-0.2, 0) is 14.1 Å². The Labute approximate surface area is 122 Å². The lowest BCUT2D eigenvalue weighted by atomic mass is 10.3. The molecule has 0 aliphatic carbocycles. The van der Waals surface area contributed by atoms with E-state index in [0.29, 0.717) is 23.7 Å². The topological polar surface area (TPSA) is 102 Å². The normalized spacial score (nSPS) is 11.5. The molecule has 2 aromatic heterocycles. The summed E-state index contributed by atoms with van der Waals surface area (Å²) in [5, 5.41) is 0. The Kier molecular flexibility index (Phi) is 4.17. The van der Waals surface area contributed by atoms with Crippen molar-refractivity contribution in [2.45, 2.75) is 26.3 Å². The van der Waals surface area contributed by atoms with Crippen LogP contribution in [-0.4, -0.2) is 38.2 Å². The van der Waals surface area contributed by atoms with Crippen molar-refractivity contribution in [3.63, 3.8) is 0 Å². The van der Waals surface area contributed by atoms with Crippen molar-refractivity contribution in [1.29, 1.82) is 0 Å². The van der Waals surface area contributed by atoms with Crippen LogP contribution in [0.25, 0.3) is 11.2 Å². The fourth-order valence-corrected chi connectivity index (χ4v) is 2.32. The summed E-state index contributed by atoms with van der Waals surface area (Å²) >= 11 is 0. The van der Waals surface area contributed by atoms with Crippen LogP contribution in [0.2, 0.25) is 0 Å². The summed E-state index contributed by atoms with van der Waals surface area (Å²) in [7, 11) is 3.06. The predicted molar refractivity (Wildman–Crippen MR) is 82.7 cm³/mol. The number of anilines is 1. The van der Waals surface area contributed by atoms with Gasteiger partial charge in [-0.3, -0.25) is 13.9 Å². The minimum Gasteiger partial charge on any atom is -0.340 e. The molecule has 0 aliphatic heterocycles. The van der Waals surface area contributed by atoms with Gasteiger partial charge < -0.3 is 15.6 Å². The largest absolute Gasteiger partial charge is 0.340 e. The number of aryl methyl sites for hydroxylation is 1. The highest BCUT2D eigenvalue weighted by Gasteiger charge is 2.18. The molecule has 0 bridgehead atoms. The molecule has 0 aromatic carbocycles. The zero-order valence-electron chi connectivity index (χ0n) is 12.9. The van der Waals surface area contributed by atoms with Gasteiger partial charge in [0, 0.05) is 26.7 Å². The Morgan fingerprint density at radius 2 is 1.95 bits per heavy atom. The lowest BCUT2D eigenvalue weighted by Crippen LogP contribution is -2.36. The van der Waals surface area contributed by atoms with Gasteiger partial charge in [0.2, 0.25) is 5.95 Å². The molecule has 8 nitrogen and oxygen atoms in total. The van der Waals surface area contributed by atoms with Gasteiger partial charge >= 0.3 is 5.69 Å². The first-order valence-corrected chi connectivity index (χ1v) is 7.01. The zero-order valence-corrected chi connectivity index (χ0v) is 12.9. The summed E-state index contributed by atoms with van der Waals surface area (Å²) in [5.74, 6) is 0.590. The molecule has 0 unspecified atom stereocenters. The summed E-state index contributed by atoms with van der Waals surface area (Å²) in [6.45, 7) is 5.41. The first-order valence-electron chi connectivity index (χ1n) is 7.01. The van der Waals surface area contributed by atoms with Gasteiger partial charge in [-0.2, -0.15) is 4.98 Å². The second-order valence-electron chi connectivity index (χ2n) is 5.39. The molecule has 0 amide bonds. The summed E-state index contributed by atoms with van der Waals surface area (Å²) < 4.78 is 2.45. The van der Waals surface area contributed by atoms with Gasteiger partial charge in [0.05, 0.1) is 0 Å². The first kappa shape index (κ1) is 15.3. The lowest BCUT2D eigenvalue weighted by Gasteiger charge is -2.25. The third-order valence-corrected chi connectivity index (χ3v) is 3.58. The second-order valence-corrected chi connectivity index (χ2v) is 5.39. The number of hydrogen-bond donors (Lipinski definition) is 2. The Bertz CT molecular complexity index is 754. The van der Waals surface area contributed by atoms with Crippen molar-refractivity contribution in [3.8, 4) is 0 Å². The average molecular weight is 294 g/mol. The average Bonchev–Trinajstić information content (AvgIpc) is 2.88. The van der Waals surface area contributed by atoms with Crippen molar-refractivity contribution >= 4 is 17.1 Å². The lowest BCUT2D eigenvalue weighted by molar-refractivity contribution is 0.643.